The minimum absolute atomic E-state index is 0.949. The average molecular weight is 124 g/mol. The maximum Gasteiger partial charge on any atom is -0.0177 e. The molecular weight excluding hydrogens is 108 g/mol. The second kappa shape index (κ2) is 2.55. The highest BCUT2D eigenvalue weighted by Crippen LogP contribution is 2.43. The zero-order valence-electron chi connectivity index (χ0n) is 6.65. The van der Waals surface area contributed by atoms with Crippen LogP contribution in [0.15, 0.2) is 11.6 Å². The Labute approximate surface area is 58.0 Å². The Bertz CT molecular complexity index is 122. The number of rotatable bonds is 2. The third kappa shape index (κ3) is 1.57. The Morgan fingerprint density at radius 2 is 2.22 bits per heavy atom. The Morgan fingerprint density at radius 1 is 1.67 bits per heavy atom. The average Bonchev–Trinajstić information content (AvgIpc) is 2.47. The molecule has 0 aromatic rings. The van der Waals surface area contributed by atoms with Crippen molar-refractivity contribution in [3.63, 3.8) is 0 Å². The van der Waals surface area contributed by atoms with Gasteiger partial charge in [-0.3, -0.25) is 0 Å². The SMILES string of the molecule is CCC=C(C)C1CC1C. The standard InChI is InChI=1S/C9H16/c1-4-5-7(2)9-6-8(9)3/h5,8-9H,4,6H2,1-3H3. The predicted molar refractivity (Wildman–Crippen MR) is 41.3 cm³/mol. The van der Waals surface area contributed by atoms with E-state index in [2.05, 4.69) is 26.8 Å². The molecule has 0 radical (unpaired) electrons. The Kier molecular flexibility index (Phi) is 1.94. The molecule has 1 aliphatic rings. The van der Waals surface area contributed by atoms with Gasteiger partial charge in [0.2, 0.25) is 0 Å². The fraction of sp³-hybridized carbons (Fsp3) is 0.778. The second-order valence-electron chi connectivity index (χ2n) is 3.18. The lowest BCUT2D eigenvalue weighted by atomic mass is 10.1. The summed E-state index contributed by atoms with van der Waals surface area (Å²) in [6.07, 6.45) is 4.99. The van der Waals surface area contributed by atoms with E-state index >= 15 is 0 Å². The summed E-state index contributed by atoms with van der Waals surface area (Å²) in [6, 6.07) is 0. The highest BCUT2D eigenvalue weighted by atomic mass is 14.4. The number of hydrogen-bond acceptors (Lipinski definition) is 0. The Morgan fingerprint density at radius 3 is 2.56 bits per heavy atom. The van der Waals surface area contributed by atoms with Gasteiger partial charge in [0.05, 0.1) is 0 Å². The van der Waals surface area contributed by atoms with Gasteiger partial charge in [0, 0.05) is 0 Å². The van der Waals surface area contributed by atoms with Crippen LogP contribution in [0.3, 0.4) is 0 Å². The van der Waals surface area contributed by atoms with Crippen LogP contribution in [-0.4, -0.2) is 0 Å². The molecule has 1 rings (SSSR count). The van der Waals surface area contributed by atoms with E-state index in [1.54, 1.807) is 5.57 Å². The maximum absolute atomic E-state index is 2.36. The van der Waals surface area contributed by atoms with Crippen molar-refractivity contribution in [1.29, 1.82) is 0 Å². The first-order valence-corrected chi connectivity index (χ1v) is 3.92. The molecule has 0 aromatic heterocycles. The molecule has 0 N–H and O–H groups in total. The zero-order valence-corrected chi connectivity index (χ0v) is 6.65. The summed E-state index contributed by atoms with van der Waals surface area (Å²) >= 11 is 0. The Hall–Kier alpha value is -0.260. The van der Waals surface area contributed by atoms with Crippen LogP contribution < -0.4 is 0 Å². The fourth-order valence-corrected chi connectivity index (χ4v) is 1.43. The molecule has 1 fully saturated rings. The molecule has 0 heteroatoms. The summed E-state index contributed by atoms with van der Waals surface area (Å²) in [6.45, 7) is 6.80. The summed E-state index contributed by atoms with van der Waals surface area (Å²) < 4.78 is 0. The molecule has 0 aliphatic heterocycles. The van der Waals surface area contributed by atoms with E-state index in [0.717, 1.165) is 11.8 Å². The topological polar surface area (TPSA) is 0 Å². The smallest absolute Gasteiger partial charge is 0.0177 e. The lowest BCUT2D eigenvalue weighted by molar-refractivity contribution is 0.849. The van der Waals surface area contributed by atoms with Gasteiger partial charge in [-0.15, -0.1) is 0 Å². The molecule has 0 aromatic carbocycles. The van der Waals surface area contributed by atoms with Gasteiger partial charge in [-0.25, -0.2) is 0 Å². The van der Waals surface area contributed by atoms with Gasteiger partial charge in [-0.1, -0.05) is 25.5 Å². The first-order valence-electron chi connectivity index (χ1n) is 3.92. The van der Waals surface area contributed by atoms with Crippen molar-refractivity contribution in [2.45, 2.75) is 33.6 Å². The molecule has 2 unspecified atom stereocenters. The molecule has 0 amide bonds. The zero-order chi connectivity index (χ0) is 6.85. The van der Waals surface area contributed by atoms with Crippen LogP contribution in [0.25, 0.3) is 0 Å². The molecule has 9 heavy (non-hydrogen) atoms. The summed E-state index contributed by atoms with van der Waals surface area (Å²) in [5.74, 6) is 1.93. The molecule has 0 bridgehead atoms. The van der Waals surface area contributed by atoms with Crippen molar-refractivity contribution in [1.82, 2.24) is 0 Å². The van der Waals surface area contributed by atoms with E-state index in [-0.39, 0.29) is 0 Å². The first kappa shape index (κ1) is 6.85. The molecule has 0 heterocycles. The van der Waals surface area contributed by atoms with E-state index in [1.807, 2.05) is 0 Å². The van der Waals surface area contributed by atoms with Crippen molar-refractivity contribution in [3.05, 3.63) is 11.6 Å². The fourth-order valence-electron chi connectivity index (χ4n) is 1.43. The highest BCUT2D eigenvalue weighted by Gasteiger charge is 2.33. The van der Waals surface area contributed by atoms with E-state index in [1.165, 1.54) is 12.8 Å². The van der Waals surface area contributed by atoms with Gasteiger partial charge >= 0.3 is 0 Å². The summed E-state index contributed by atoms with van der Waals surface area (Å²) in [5.41, 5.74) is 1.62. The summed E-state index contributed by atoms with van der Waals surface area (Å²) in [5, 5.41) is 0. The van der Waals surface area contributed by atoms with E-state index < -0.39 is 0 Å². The number of allylic oxidation sites excluding steroid dienone is 2. The van der Waals surface area contributed by atoms with Crippen molar-refractivity contribution in [3.8, 4) is 0 Å². The maximum atomic E-state index is 2.36. The largest absolute Gasteiger partial charge is 0.0856 e. The summed E-state index contributed by atoms with van der Waals surface area (Å²) in [7, 11) is 0. The van der Waals surface area contributed by atoms with Crippen LogP contribution in [0.1, 0.15) is 33.6 Å². The van der Waals surface area contributed by atoms with Crippen LogP contribution in [-0.2, 0) is 0 Å². The van der Waals surface area contributed by atoms with Gasteiger partial charge < -0.3 is 0 Å². The van der Waals surface area contributed by atoms with E-state index in [4.69, 9.17) is 0 Å². The first-order chi connectivity index (χ1) is 4.25. The normalized spacial score (nSPS) is 34.8. The van der Waals surface area contributed by atoms with Crippen LogP contribution in [0.4, 0.5) is 0 Å². The third-order valence-electron chi connectivity index (χ3n) is 2.22. The molecule has 1 aliphatic carbocycles. The van der Waals surface area contributed by atoms with Gasteiger partial charge in [-0.2, -0.15) is 0 Å². The second-order valence-corrected chi connectivity index (χ2v) is 3.18. The van der Waals surface area contributed by atoms with Gasteiger partial charge in [0.1, 0.15) is 0 Å². The third-order valence-corrected chi connectivity index (χ3v) is 2.22. The van der Waals surface area contributed by atoms with Crippen molar-refractivity contribution >= 4 is 0 Å². The van der Waals surface area contributed by atoms with Crippen molar-refractivity contribution < 1.29 is 0 Å². The van der Waals surface area contributed by atoms with Crippen LogP contribution in [0, 0.1) is 11.8 Å². The van der Waals surface area contributed by atoms with Crippen LogP contribution in [0.5, 0.6) is 0 Å². The van der Waals surface area contributed by atoms with Crippen LogP contribution >= 0.6 is 0 Å². The van der Waals surface area contributed by atoms with Gasteiger partial charge in [0.25, 0.3) is 0 Å². The quantitative estimate of drug-likeness (QED) is 0.496. The van der Waals surface area contributed by atoms with E-state index in [0.29, 0.717) is 0 Å². The van der Waals surface area contributed by atoms with E-state index in [9.17, 15) is 0 Å². The lowest BCUT2D eigenvalue weighted by Gasteiger charge is -1.94. The molecule has 0 spiro atoms. The lowest BCUT2D eigenvalue weighted by Crippen LogP contribution is -1.79. The van der Waals surface area contributed by atoms with Gasteiger partial charge in [0.15, 0.2) is 0 Å². The number of hydrogen-bond donors (Lipinski definition) is 0. The molecule has 1 saturated carbocycles. The minimum atomic E-state index is 0.949. The summed E-state index contributed by atoms with van der Waals surface area (Å²) in [4.78, 5) is 0. The van der Waals surface area contributed by atoms with Crippen LogP contribution in [0.2, 0.25) is 0 Å². The molecule has 0 saturated heterocycles. The molecule has 2 atom stereocenters. The van der Waals surface area contributed by atoms with Gasteiger partial charge in [-0.05, 0) is 31.6 Å². The monoisotopic (exact) mass is 124 g/mol. The predicted octanol–water partition coefficient (Wildman–Crippen LogP) is 3.00. The minimum Gasteiger partial charge on any atom is -0.0856 e. The highest BCUT2D eigenvalue weighted by molar-refractivity contribution is 5.11. The molecule has 0 nitrogen and oxygen atoms in total. The molecular formula is C9H16. The molecule has 52 valence electrons. The van der Waals surface area contributed by atoms with Crippen molar-refractivity contribution in [2.75, 3.05) is 0 Å². The van der Waals surface area contributed by atoms with Crippen molar-refractivity contribution in [2.24, 2.45) is 11.8 Å². The Balaban J connectivity index is 2.35.